The summed E-state index contributed by atoms with van der Waals surface area (Å²) in [4.78, 5) is 39.3. The van der Waals surface area contributed by atoms with Crippen LogP contribution in [0.15, 0.2) is 23.1 Å². The van der Waals surface area contributed by atoms with Gasteiger partial charge in [-0.1, -0.05) is 20.3 Å². The smallest absolute Gasteiger partial charge is 0.257 e. The molecule has 2 aromatic rings. The van der Waals surface area contributed by atoms with E-state index in [-0.39, 0.29) is 17.7 Å². The molecule has 0 saturated carbocycles. The van der Waals surface area contributed by atoms with Crippen LogP contribution in [-0.2, 0) is 13.1 Å². The summed E-state index contributed by atoms with van der Waals surface area (Å²) >= 11 is 0. The highest BCUT2D eigenvalue weighted by Crippen LogP contribution is 2.36. The minimum atomic E-state index is -1.19. The molecule has 2 heterocycles. The Morgan fingerprint density at radius 3 is 2.40 bits per heavy atom. The van der Waals surface area contributed by atoms with Gasteiger partial charge < -0.3 is 15.0 Å². The number of pyridine rings is 1. The number of nitrogens with one attached hydrogen (secondary N) is 1. The molecule has 7 nitrogen and oxygen atoms in total. The van der Waals surface area contributed by atoms with Crippen LogP contribution in [0.1, 0.15) is 66.4 Å². The van der Waals surface area contributed by atoms with E-state index in [4.69, 9.17) is 0 Å². The number of nitrogens with zero attached hydrogens (tertiary/aromatic N) is 2. The first-order chi connectivity index (χ1) is 16.3. The molecule has 35 heavy (non-hydrogen) atoms. The third kappa shape index (κ3) is 5.58. The molecule has 0 unspecified atom stereocenters. The molecule has 1 saturated heterocycles. The number of likely N-dealkylation sites (N-methyl/N-ethyl adjacent to an activating group) is 1. The quantitative estimate of drug-likeness (QED) is 0.600. The summed E-state index contributed by atoms with van der Waals surface area (Å²) in [5.41, 5.74) is -2.77. The van der Waals surface area contributed by atoms with Crippen molar-refractivity contribution in [3.05, 3.63) is 62.8 Å². The van der Waals surface area contributed by atoms with Gasteiger partial charge in [-0.05, 0) is 32.2 Å². The third-order valence-electron chi connectivity index (χ3n) is 6.85. The maximum Gasteiger partial charge on any atom is 0.257 e. The number of carbonyl (C=O) groups excluding carboxylic acids is 2. The molecule has 1 fully saturated rings. The van der Waals surface area contributed by atoms with Gasteiger partial charge in [-0.2, -0.15) is 0 Å². The van der Waals surface area contributed by atoms with Crippen LogP contribution in [0, 0.1) is 22.9 Å². The van der Waals surface area contributed by atoms with Crippen molar-refractivity contribution >= 4 is 12.2 Å². The lowest BCUT2D eigenvalue weighted by Gasteiger charge is -2.40. The van der Waals surface area contributed by atoms with Crippen LogP contribution in [-0.4, -0.2) is 45.9 Å². The van der Waals surface area contributed by atoms with Gasteiger partial charge in [0.2, 0.25) is 5.43 Å². The number of aldehydes is 1. The molecule has 1 aliphatic heterocycles. The molecule has 2 N–H and O–H groups in total. The predicted molar refractivity (Wildman–Crippen MR) is 124 cm³/mol. The van der Waals surface area contributed by atoms with E-state index >= 15 is 0 Å². The van der Waals surface area contributed by atoms with E-state index in [0.717, 1.165) is 25.8 Å². The van der Waals surface area contributed by atoms with Crippen molar-refractivity contribution in [1.82, 2.24) is 14.8 Å². The number of halogens is 3. The van der Waals surface area contributed by atoms with E-state index < -0.39 is 57.7 Å². The highest BCUT2D eigenvalue weighted by atomic mass is 19.1. The summed E-state index contributed by atoms with van der Waals surface area (Å²) < 4.78 is 42.3. The fourth-order valence-electron chi connectivity index (χ4n) is 4.70. The molecule has 1 aromatic carbocycles. The summed E-state index contributed by atoms with van der Waals surface area (Å²) in [6.45, 7) is 6.70. The van der Waals surface area contributed by atoms with Crippen LogP contribution < -0.4 is 10.7 Å². The number of benzene rings is 1. The average Bonchev–Trinajstić information content (AvgIpc) is 2.84. The molecule has 0 spiro atoms. The minimum absolute atomic E-state index is 0.0849. The minimum Gasteiger partial charge on any atom is -0.503 e. The monoisotopic (exact) mass is 493 g/mol. The molecule has 1 aliphatic rings. The number of likely N-dealkylation sites (tertiary alicyclic amines) is 1. The summed E-state index contributed by atoms with van der Waals surface area (Å²) in [6.07, 6.45) is 4.24. The van der Waals surface area contributed by atoms with Gasteiger partial charge in [-0.15, -0.1) is 0 Å². The van der Waals surface area contributed by atoms with Crippen molar-refractivity contribution in [2.24, 2.45) is 5.41 Å². The van der Waals surface area contributed by atoms with Crippen LogP contribution in [0.5, 0.6) is 5.75 Å². The van der Waals surface area contributed by atoms with Crippen LogP contribution >= 0.6 is 0 Å². The molecule has 1 amide bonds. The van der Waals surface area contributed by atoms with Gasteiger partial charge in [0.15, 0.2) is 12.0 Å². The van der Waals surface area contributed by atoms with E-state index in [2.05, 4.69) is 24.1 Å². The van der Waals surface area contributed by atoms with E-state index in [1.807, 2.05) is 14.0 Å². The number of hydrogen-bond donors (Lipinski definition) is 2. The highest BCUT2D eigenvalue weighted by molar-refractivity contribution is 5.95. The molecule has 10 heteroatoms. The lowest BCUT2D eigenvalue weighted by molar-refractivity contribution is 0.0872. The first-order valence-corrected chi connectivity index (χ1v) is 11.3. The van der Waals surface area contributed by atoms with Crippen LogP contribution in [0.25, 0.3) is 0 Å². The van der Waals surface area contributed by atoms with E-state index in [0.29, 0.717) is 18.4 Å². The van der Waals surface area contributed by atoms with Crippen molar-refractivity contribution in [2.45, 2.75) is 58.7 Å². The average molecular weight is 494 g/mol. The Labute approximate surface area is 201 Å². The standard InChI is InChI=1S/C25H30F3N3O4/c1-24(2)6-5-7-25(3,30(4)13-24)14-31-11-17(21(33)22(34)20(31)12-32)23(35)29-10-16-18(27)8-15(26)9-19(16)28/h8-9,11-12,34H,5-7,10,13-14H2,1-4H3,(H,29,35)/t25-/m0/s1. The molecule has 0 bridgehead atoms. The Balaban J connectivity index is 1.93. The predicted octanol–water partition coefficient (Wildman–Crippen LogP) is 3.61. The summed E-state index contributed by atoms with van der Waals surface area (Å²) in [5.74, 6) is -5.36. The number of rotatable bonds is 6. The number of carbonyl (C=O) groups is 2. The third-order valence-corrected chi connectivity index (χ3v) is 6.85. The Hall–Kier alpha value is -3.14. The highest BCUT2D eigenvalue weighted by Gasteiger charge is 2.37. The van der Waals surface area contributed by atoms with Gasteiger partial charge in [0.25, 0.3) is 5.91 Å². The second kappa shape index (κ2) is 9.85. The molecular formula is C25H30F3N3O4. The van der Waals surface area contributed by atoms with E-state index in [9.17, 15) is 32.7 Å². The summed E-state index contributed by atoms with van der Waals surface area (Å²) in [7, 11) is 1.97. The second-order valence-corrected chi connectivity index (χ2v) is 10.3. The molecule has 3 rings (SSSR count). The van der Waals surface area contributed by atoms with Crippen LogP contribution in [0.4, 0.5) is 13.2 Å². The maximum absolute atomic E-state index is 13.9. The molecule has 0 radical (unpaired) electrons. The number of hydrogen-bond acceptors (Lipinski definition) is 5. The van der Waals surface area contributed by atoms with Gasteiger partial charge in [0.05, 0.1) is 0 Å². The largest absolute Gasteiger partial charge is 0.503 e. The lowest BCUT2D eigenvalue weighted by atomic mass is 9.88. The van der Waals surface area contributed by atoms with Crippen molar-refractivity contribution in [3.63, 3.8) is 0 Å². The molecule has 0 aliphatic carbocycles. The number of amides is 1. The second-order valence-electron chi connectivity index (χ2n) is 10.3. The zero-order valence-corrected chi connectivity index (χ0v) is 20.3. The SMILES string of the molecule is CN1CC(C)(C)CCC[C@@]1(C)Cn1cc(C(=O)NCc2c(F)cc(F)cc2F)c(=O)c(O)c1C=O. The van der Waals surface area contributed by atoms with Crippen LogP contribution in [0.3, 0.4) is 0 Å². The van der Waals surface area contributed by atoms with Crippen molar-refractivity contribution in [3.8, 4) is 5.75 Å². The van der Waals surface area contributed by atoms with Gasteiger partial charge in [0, 0.05) is 49.1 Å². The first-order valence-electron chi connectivity index (χ1n) is 11.3. The molecular weight excluding hydrogens is 463 g/mol. The normalized spacial score (nSPS) is 20.3. The van der Waals surface area contributed by atoms with E-state index in [1.165, 1.54) is 10.8 Å². The first kappa shape index (κ1) is 26.5. The van der Waals surface area contributed by atoms with Crippen LogP contribution in [0.2, 0.25) is 0 Å². The number of aromatic nitrogens is 1. The van der Waals surface area contributed by atoms with Gasteiger partial charge in [-0.3, -0.25) is 19.3 Å². The van der Waals surface area contributed by atoms with Crippen molar-refractivity contribution in [2.75, 3.05) is 13.6 Å². The molecule has 1 atom stereocenters. The topological polar surface area (TPSA) is 91.6 Å². The summed E-state index contributed by atoms with van der Waals surface area (Å²) in [6, 6.07) is 0.959. The van der Waals surface area contributed by atoms with Gasteiger partial charge >= 0.3 is 0 Å². The summed E-state index contributed by atoms with van der Waals surface area (Å²) in [5, 5.41) is 12.6. The number of aromatic hydroxyl groups is 1. The maximum atomic E-state index is 13.9. The zero-order valence-electron chi connectivity index (χ0n) is 20.3. The zero-order chi connectivity index (χ0) is 26.1. The molecule has 1 aromatic heterocycles. The Kier molecular flexibility index (Phi) is 7.45. The van der Waals surface area contributed by atoms with Crippen molar-refractivity contribution in [1.29, 1.82) is 0 Å². The Morgan fingerprint density at radius 2 is 1.80 bits per heavy atom. The fourth-order valence-corrected chi connectivity index (χ4v) is 4.70. The van der Waals surface area contributed by atoms with Crippen molar-refractivity contribution < 1.29 is 27.9 Å². The fraction of sp³-hybridized carbons (Fsp3) is 0.480. The Bertz CT molecular complexity index is 1190. The van der Waals surface area contributed by atoms with E-state index in [1.54, 1.807) is 0 Å². The van der Waals surface area contributed by atoms with Gasteiger partial charge in [0.1, 0.15) is 28.7 Å². The lowest BCUT2D eigenvalue weighted by Crippen LogP contribution is -2.49. The molecule has 190 valence electrons. The van der Waals surface area contributed by atoms with Gasteiger partial charge in [-0.25, -0.2) is 13.2 Å². The Morgan fingerprint density at radius 1 is 1.17 bits per heavy atom.